The third-order valence-corrected chi connectivity index (χ3v) is 2.85. The topological polar surface area (TPSA) is 89.9 Å². The summed E-state index contributed by atoms with van der Waals surface area (Å²) < 4.78 is 0. The lowest BCUT2D eigenvalue weighted by Crippen LogP contribution is -2.48. The van der Waals surface area contributed by atoms with Crippen molar-refractivity contribution < 1.29 is 19.8 Å². The lowest BCUT2D eigenvalue weighted by molar-refractivity contribution is -0.142. The minimum Gasteiger partial charge on any atom is -0.481 e. The van der Waals surface area contributed by atoms with Gasteiger partial charge in [-0.25, -0.2) is 4.79 Å². The lowest BCUT2D eigenvalue weighted by atomic mass is 9.97. The van der Waals surface area contributed by atoms with E-state index in [1.165, 1.54) is 4.90 Å². The molecule has 0 saturated heterocycles. The van der Waals surface area contributed by atoms with Crippen LogP contribution in [-0.2, 0) is 4.79 Å². The van der Waals surface area contributed by atoms with Crippen molar-refractivity contribution >= 4 is 12.0 Å². The Morgan fingerprint density at radius 3 is 2.20 bits per heavy atom. The van der Waals surface area contributed by atoms with Gasteiger partial charge < -0.3 is 20.4 Å². The second-order valence-corrected chi connectivity index (χ2v) is 6.18. The number of aliphatic hydroxyl groups is 1. The van der Waals surface area contributed by atoms with E-state index in [0.29, 0.717) is 13.0 Å². The molecule has 0 aliphatic carbocycles. The van der Waals surface area contributed by atoms with E-state index in [2.05, 4.69) is 5.32 Å². The first-order valence-electron chi connectivity index (χ1n) is 7.04. The Morgan fingerprint density at radius 2 is 1.85 bits per heavy atom. The molecule has 0 heterocycles. The third kappa shape index (κ3) is 7.99. The van der Waals surface area contributed by atoms with Gasteiger partial charge in [0.1, 0.15) is 0 Å². The van der Waals surface area contributed by atoms with E-state index in [1.54, 1.807) is 13.8 Å². The molecule has 118 valence electrons. The molecular weight excluding hydrogens is 260 g/mol. The van der Waals surface area contributed by atoms with Gasteiger partial charge in [-0.05, 0) is 33.1 Å². The number of carbonyl (C=O) groups excluding carboxylic acids is 1. The number of rotatable bonds is 8. The van der Waals surface area contributed by atoms with Crippen LogP contribution in [0.25, 0.3) is 0 Å². The van der Waals surface area contributed by atoms with Gasteiger partial charge in [0.15, 0.2) is 0 Å². The zero-order chi connectivity index (χ0) is 15.9. The molecule has 0 aromatic rings. The number of nitrogens with zero attached hydrogens (tertiary/aromatic N) is 1. The zero-order valence-electron chi connectivity index (χ0n) is 13.1. The van der Waals surface area contributed by atoms with Crippen LogP contribution in [0.2, 0.25) is 0 Å². The highest BCUT2D eigenvalue weighted by molar-refractivity contribution is 5.76. The molecule has 1 atom stereocenters. The summed E-state index contributed by atoms with van der Waals surface area (Å²) in [4.78, 5) is 24.6. The summed E-state index contributed by atoms with van der Waals surface area (Å²) in [5.74, 6) is -1.23. The first-order valence-corrected chi connectivity index (χ1v) is 7.04. The molecule has 2 amide bonds. The SMILES string of the molecule is CCN(CC(C)(C)O)C(=O)NCC(CC(C)C)C(=O)O. The van der Waals surface area contributed by atoms with Gasteiger partial charge in [0.05, 0.1) is 18.1 Å². The van der Waals surface area contributed by atoms with Crippen molar-refractivity contribution in [3.05, 3.63) is 0 Å². The van der Waals surface area contributed by atoms with Crippen molar-refractivity contribution in [3.63, 3.8) is 0 Å². The van der Waals surface area contributed by atoms with E-state index in [-0.39, 0.29) is 25.0 Å². The fourth-order valence-corrected chi connectivity index (χ4v) is 1.96. The van der Waals surface area contributed by atoms with Crippen LogP contribution < -0.4 is 5.32 Å². The number of urea groups is 1. The van der Waals surface area contributed by atoms with Crippen molar-refractivity contribution in [3.8, 4) is 0 Å². The minimum atomic E-state index is -0.975. The number of hydrogen-bond donors (Lipinski definition) is 3. The van der Waals surface area contributed by atoms with Gasteiger partial charge in [-0.2, -0.15) is 0 Å². The average molecular weight is 288 g/mol. The molecule has 0 aromatic carbocycles. The molecule has 0 aliphatic rings. The van der Waals surface area contributed by atoms with Gasteiger partial charge >= 0.3 is 12.0 Å². The Hall–Kier alpha value is -1.30. The van der Waals surface area contributed by atoms with E-state index < -0.39 is 17.5 Å². The molecule has 6 nitrogen and oxygen atoms in total. The van der Waals surface area contributed by atoms with E-state index in [0.717, 1.165) is 0 Å². The third-order valence-electron chi connectivity index (χ3n) is 2.85. The number of likely N-dealkylation sites (N-methyl/N-ethyl adjacent to an activating group) is 1. The Labute approximate surface area is 121 Å². The van der Waals surface area contributed by atoms with Crippen LogP contribution in [0.3, 0.4) is 0 Å². The van der Waals surface area contributed by atoms with E-state index >= 15 is 0 Å². The molecule has 20 heavy (non-hydrogen) atoms. The Balaban J connectivity index is 4.45. The predicted molar refractivity (Wildman–Crippen MR) is 77.5 cm³/mol. The number of hydrogen-bond acceptors (Lipinski definition) is 3. The first-order chi connectivity index (χ1) is 9.06. The molecule has 0 saturated carbocycles. The van der Waals surface area contributed by atoms with Gasteiger partial charge in [-0.1, -0.05) is 13.8 Å². The van der Waals surface area contributed by atoms with Crippen molar-refractivity contribution in [2.45, 2.75) is 46.6 Å². The molecule has 0 bridgehead atoms. The quantitative estimate of drug-likeness (QED) is 0.632. The number of carbonyl (C=O) groups is 2. The maximum absolute atomic E-state index is 12.0. The Bertz CT molecular complexity index is 324. The standard InChI is InChI=1S/C14H28N2O4/c1-6-16(9-14(4,5)20)13(19)15-8-11(12(17)18)7-10(2)3/h10-11,20H,6-9H2,1-5H3,(H,15,19)(H,17,18). The molecule has 0 radical (unpaired) electrons. The largest absolute Gasteiger partial charge is 0.481 e. The highest BCUT2D eigenvalue weighted by Gasteiger charge is 2.24. The van der Waals surface area contributed by atoms with E-state index in [4.69, 9.17) is 5.11 Å². The van der Waals surface area contributed by atoms with Gasteiger partial charge in [0, 0.05) is 13.1 Å². The van der Waals surface area contributed by atoms with Crippen molar-refractivity contribution in [1.82, 2.24) is 10.2 Å². The van der Waals surface area contributed by atoms with Gasteiger partial charge in [-0.15, -0.1) is 0 Å². The molecule has 1 unspecified atom stereocenters. The molecular formula is C14H28N2O4. The summed E-state index contributed by atoms with van der Waals surface area (Å²) in [6.07, 6.45) is 0.521. The van der Waals surface area contributed by atoms with Crippen LogP contribution in [0.4, 0.5) is 4.79 Å². The fraction of sp³-hybridized carbons (Fsp3) is 0.857. The molecule has 0 spiro atoms. The summed E-state index contributed by atoms with van der Waals surface area (Å²) in [6, 6.07) is -0.343. The smallest absolute Gasteiger partial charge is 0.317 e. The lowest BCUT2D eigenvalue weighted by Gasteiger charge is -2.28. The van der Waals surface area contributed by atoms with Crippen molar-refractivity contribution in [1.29, 1.82) is 0 Å². The number of nitrogens with one attached hydrogen (secondary N) is 1. The number of aliphatic carboxylic acids is 1. The average Bonchev–Trinajstić information content (AvgIpc) is 2.29. The number of carboxylic acids is 1. The summed E-state index contributed by atoms with van der Waals surface area (Å²) in [5.41, 5.74) is -0.975. The summed E-state index contributed by atoms with van der Waals surface area (Å²) >= 11 is 0. The Morgan fingerprint density at radius 1 is 1.30 bits per heavy atom. The Kier molecular flexibility index (Phi) is 7.57. The van der Waals surface area contributed by atoms with Crippen molar-refractivity contribution in [2.24, 2.45) is 11.8 Å². The maximum Gasteiger partial charge on any atom is 0.317 e. The summed E-state index contributed by atoms with van der Waals surface area (Å²) in [6.45, 7) is 9.73. The van der Waals surface area contributed by atoms with Crippen molar-refractivity contribution in [2.75, 3.05) is 19.6 Å². The van der Waals surface area contributed by atoms with Gasteiger partial charge in [0.25, 0.3) is 0 Å². The van der Waals surface area contributed by atoms with Crippen LogP contribution in [0, 0.1) is 11.8 Å². The second-order valence-electron chi connectivity index (χ2n) is 6.18. The highest BCUT2D eigenvalue weighted by atomic mass is 16.4. The van der Waals surface area contributed by atoms with Crippen LogP contribution >= 0.6 is 0 Å². The monoisotopic (exact) mass is 288 g/mol. The highest BCUT2D eigenvalue weighted by Crippen LogP contribution is 2.11. The molecule has 0 aromatic heterocycles. The first kappa shape index (κ1) is 18.7. The molecule has 0 rings (SSSR count). The fourth-order valence-electron chi connectivity index (χ4n) is 1.96. The molecule has 0 fully saturated rings. The zero-order valence-corrected chi connectivity index (χ0v) is 13.1. The maximum atomic E-state index is 12.0. The molecule has 3 N–H and O–H groups in total. The second kappa shape index (κ2) is 8.09. The minimum absolute atomic E-state index is 0.106. The predicted octanol–water partition coefficient (Wildman–Crippen LogP) is 1.54. The summed E-state index contributed by atoms with van der Waals surface area (Å²) in [5, 5.41) is 21.5. The van der Waals surface area contributed by atoms with Crippen LogP contribution in [0.1, 0.15) is 41.0 Å². The van der Waals surface area contributed by atoms with Crippen LogP contribution in [0.5, 0.6) is 0 Å². The number of carboxylic acid groups (broad SMARTS) is 1. The van der Waals surface area contributed by atoms with Gasteiger partial charge in [-0.3, -0.25) is 4.79 Å². The molecule has 6 heteroatoms. The molecule has 0 aliphatic heterocycles. The van der Waals surface area contributed by atoms with E-state index in [1.807, 2.05) is 20.8 Å². The summed E-state index contributed by atoms with van der Waals surface area (Å²) in [7, 11) is 0. The number of amides is 2. The van der Waals surface area contributed by atoms with Crippen LogP contribution in [0.15, 0.2) is 0 Å². The van der Waals surface area contributed by atoms with Crippen LogP contribution in [-0.4, -0.2) is 52.3 Å². The van der Waals surface area contributed by atoms with Gasteiger partial charge in [0.2, 0.25) is 0 Å². The van der Waals surface area contributed by atoms with E-state index in [9.17, 15) is 14.7 Å². The normalized spacial score (nSPS) is 13.2.